The minimum atomic E-state index is -0.481. The van der Waals surface area contributed by atoms with Crippen LogP contribution in [-0.4, -0.2) is 28.7 Å². The Morgan fingerprint density at radius 3 is 2.71 bits per heavy atom. The molecule has 2 N–H and O–H groups in total. The molecule has 0 aliphatic carbocycles. The van der Waals surface area contributed by atoms with Crippen LogP contribution in [0.15, 0.2) is 0 Å². The van der Waals surface area contributed by atoms with E-state index in [4.69, 9.17) is 4.74 Å². The standard InChI is InChI=1S/C11H17N3O3/c1-4-6-8(15)12-10-9(7(3)13-14-10)11(16)17-5-2/h4-6H2,1-3H3,(H2,12,13,14,15). The van der Waals surface area contributed by atoms with Crippen LogP contribution in [0.1, 0.15) is 42.7 Å². The number of aromatic amines is 1. The summed E-state index contributed by atoms with van der Waals surface area (Å²) in [5, 5.41) is 9.13. The Bertz CT molecular complexity index is 412. The van der Waals surface area contributed by atoms with Crippen molar-refractivity contribution in [3.05, 3.63) is 11.3 Å². The van der Waals surface area contributed by atoms with E-state index in [0.29, 0.717) is 12.1 Å². The van der Waals surface area contributed by atoms with E-state index in [9.17, 15) is 9.59 Å². The highest BCUT2D eigenvalue weighted by atomic mass is 16.5. The third-order valence-electron chi connectivity index (χ3n) is 2.16. The van der Waals surface area contributed by atoms with Gasteiger partial charge in [-0.15, -0.1) is 0 Å². The Kier molecular flexibility index (Phi) is 4.68. The summed E-state index contributed by atoms with van der Waals surface area (Å²) in [6.07, 6.45) is 1.14. The lowest BCUT2D eigenvalue weighted by molar-refractivity contribution is -0.116. The first-order valence-corrected chi connectivity index (χ1v) is 5.62. The Hall–Kier alpha value is -1.85. The van der Waals surface area contributed by atoms with Gasteiger partial charge in [0.05, 0.1) is 6.61 Å². The number of anilines is 1. The molecule has 6 heteroatoms. The number of aromatic nitrogens is 2. The smallest absolute Gasteiger partial charge is 0.343 e. The maximum absolute atomic E-state index is 11.7. The zero-order valence-electron chi connectivity index (χ0n) is 10.3. The minimum absolute atomic E-state index is 0.162. The van der Waals surface area contributed by atoms with Crippen molar-refractivity contribution in [3.8, 4) is 0 Å². The molecule has 0 aromatic carbocycles. The molecule has 0 saturated heterocycles. The number of H-pyrrole nitrogens is 1. The molecule has 0 aliphatic heterocycles. The fraction of sp³-hybridized carbons (Fsp3) is 0.545. The summed E-state index contributed by atoms with van der Waals surface area (Å²) in [6.45, 7) is 5.62. The van der Waals surface area contributed by atoms with E-state index < -0.39 is 5.97 Å². The van der Waals surface area contributed by atoms with Crippen molar-refractivity contribution < 1.29 is 14.3 Å². The molecule has 0 fully saturated rings. The number of nitrogens with one attached hydrogen (secondary N) is 2. The molecule has 0 unspecified atom stereocenters. The summed E-state index contributed by atoms with van der Waals surface area (Å²) in [6, 6.07) is 0. The molecule has 1 heterocycles. The summed E-state index contributed by atoms with van der Waals surface area (Å²) < 4.78 is 4.90. The first-order chi connectivity index (χ1) is 8.10. The molecular formula is C11H17N3O3. The average molecular weight is 239 g/mol. The molecule has 0 spiro atoms. The molecule has 6 nitrogen and oxygen atoms in total. The van der Waals surface area contributed by atoms with Crippen LogP contribution in [-0.2, 0) is 9.53 Å². The van der Waals surface area contributed by atoms with Crippen LogP contribution in [0, 0.1) is 6.92 Å². The second-order valence-corrected chi connectivity index (χ2v) is 3.59. The first-order valence-electron chi connectivity index (χ1n) is 5.62. The highest BCUT2D eigenvalue weighted by Gasteiger charge is 2.20. The fourth-order valence-corrected chi connectivity index (χ4v) is 1.39. The van der Waals surface area contributed by atoms with Gasteiger partial charge in [-0.25, -0.2) is 4.79 Å². The number of nitrogens with zero attached hydrogens (tertiary/aromatic N) is 1. The Labute approximate surface area is 99.7 Å². The summed E-state index contributed by atoms with van der Waals surface area (Å²) in [4.78, 5) is 23.1. The Morgan fingerprint density at radius 2 is 2.12 bits per heavy atom. The molecule has 0 atom stereocenters. The zero-order chi connectivity index (χ0) is 12.8. The van der Waals surface area contributed by atoms with Gasteiger partial charge in [0.1, 0.15) is 5.56 Å². The largest absolute Gasteiger partial charge is 0.462 e. The van der Waals surface area contributed by atoms with Crippen molar-refractivity contribution >= 4 is 17.7 Å². The van der Waals surface area contributed by atoms with Gasteiger partial charge in [-0.2, -0.15) is 5.10 Å². The van der Waals surface area contributed by atoms with Gasteiger partial charge in [0.2, 0.25) is 5.91 Å². The Balaban J connectivity index is 2.86. The maximum Gasteiger partial charge on any atom is 0.343 e. The minimum Gasteiger partial charge on any atom is -0.462 e. The monoisotopic (exact) mass is 239 g/mol. The summed E-state index contributed by atoms with van der Waals surface area (Å²) >= 11 is 0. The van der Waals surface area contributed by atoms with Crippen molar-refractivity contribution in [1.82, 2.24) is 10.2 Å². The molecule has 1 rings (SSSR count). The third-order valence-corrected chi connectivity index (χ3v) is 2.16. The van der Waals surface area contributed by atoms with E-state index in [-0.39, 0.29) is 23.9 Å². The number of carbonyl (C=O) groups excluding carboxylic acids is 2. The second kappa shape index (κ2) is 6.03. The predicted molar refractivity (Wildman–Crippen MR) is 62.8 cm³/mol. The molecule has 0 saturated carbocycles. The van der Waals surface area contributed by atoms with E-state index in [2.05, 4.69) is 15.5 Å². The van der Waals surface area contributed by atoms with E-state index in [1.165, 1.54) is 0 Å². The molecule has 0 radical (unpaired) electrons. The zero-order valence-corrected chi connectivity index (χ0v) is 10.3. The lowest BCUT2D eigenvalue weighted by Gasteiger charge is -2.04. The van der Waals surface area contributed by atoms with Gasteiger partial charge >= 0.3 is 5.97 Å². The predicted octanol–water partition coefficient (Wildman–Crippen LogP) is 1.63. The number of rotatable bonds is 5. The van der Waals surface area contributed by atoms with Gasteiger partial charge < -0.3 is 10.1 Å². The fourth-order valence-electron chi connectivity index (χ4n) is 1.39. The quantitative estimate of drug-likeness (QED) is 0.765. The van der Waals surface area contributed by atoms with Gasteiger partial charge in [-0.05, 0) is 20.3 Å². The maximum atomic E-state index is 11.7. The normalized spacial score (nSPS) is 10.1. The topological polar surface area (TPSA) is 84.1 Å². The van der Waals surface area contributed by atoms with Crippen LogP contribution in [0.5, 0.6) is 0 Å². The lowest BCUT2D eigenvalue weighted by Crippen LogP contribution is -2.15. The lowest BCUT2D eigenvalue weighted by atomic mass is 10.2. The molecule has 0 bridgehead atoms. The SMILES string of the molecule is CCCC(=O)Nc1n[nH]c(C)c1C(=O)OCC. The average Bonchev–Trinajstić information content (AvgIpc) is 2.60. The molecular weight excluding hydrogens is 222 g/mol. The molecule has 1 amide bonds. The van der Waals surface area contributed by atoms with E-state index in [0.717, 1.165) is 6.42 Å². The van der Waals surface area contributed by atoms with Crippen LogP contribution in [0.2, 0.25) is 0 Å². The van der Waals surface area contributed by atoms with E-state index >= 15 is 0 Å². The van der Waals surface area contributed by atoms with Crippen molar-refractivity contribution in [1.29, 1.82) is 0 Å². The summed E-state index contributed by atoms with van der Waals surface area (Å²) in [5.74, 6) is -0.408. The molecule has 1 aromatic heterocycles. The third kappa shape index (κ3) is 3.30. The van der Waals surface area contributed by atoms with Crippen LogP contribution in [0.3, 0.4) is 0 Å². The number of esters is 1. The summed E-state index contributed by atoms with van der Waals surface area (Å²) in [5.41, 5.74) is 0.867. The highest BCUT2D eigenvalue weighted by molar-refractivity contribution is 6.00. The van der Waals surface area contributed by atoms with Crippen LogP contribution < -0.4 is 5.32 Å². The van der Waals surface area contributed by atoms with Gasteiger partial charge in [-0.3, -0.25) is 9.89 Å². The highest BCUT2D eigenvalue weighted by Crippen LogP contribution is 2.17. The van der Waals surface area contributed by atoms with Gasteiger partial charge in [0.15, 0.2) is 5.82 Å². The van der Waals surface area contributed by atoms with Crippen LogP contribution >= 0.6 is 0 Å². The number of carbonyl (C=O) groups is 2. The van der Waals surface area contributed by atoms with Crippen molar-refractivity contribution in [3.63, 3.8) is 0 Å². The Morgan fingerprint density at radius 1 is 1.41 bits per heavy atom. The van der Waals surface area contributed by atoms with Crippen LogP contribution in [0.25, 0.3) is 0 Å². The molecule has 17 heavy (non-hydrogen) atoms. The molecule has 0 aliphatic rings. The number of aryl methyl sites for hydroxylation is 1. The number of hydrogen-bond acceptors (Lipinski definition) is 4. The van der Waals surface area contributed by atoms with Crippen LogP contribution in [0.4, 0.5) is 5.82 Å². The molecule has 1 aromatic rings. The van der Waals surface area contributed by atoms with Gasteiger partial charge in [0, 0.05) is 12.1 Å². The number of ether oxygens (including phenoxy) is 1. The second-order valence-electron chi connectivity index (χ2n) is 3.59. The molecule has 94 valence electrons. The van der Waals surface area contributed by atoms with E-state index in [1.807, 2.05) is 6.92 Å². The van der Waals surface area contributed by atoms with E-state index in [1.54, 1.807) is 13.8 Å². The van der Waals surface area contributed by atoms with Gasteiger partial charge in [0.25, 0.3) is 0 Å². The van der Waals surface area contributed by atoms with Gasteiger partial charge in [-0.1, -0.05) is 6.92 Å². The first kappa shape index (κ1) is 13.2. The van der Waals surface area contributed by atoms with Crippen molar-refractivity contribution in [2.24, 2.45) is 0 Å². The number of amides is 1. The van der Waals surface area contributed by atoms with Crippen molar-refractivity contribution in [2.45, 2.75) is 33.6 Å². The summed E-state index contributed by atoms with van der Waals surface area (Å²) in [7, 11) is 0. The van der Waals surface area contributed by atoms with Crippen molar-refractivity contribution in [2.75, 3.05) is 11.9 Å². The number of hydrogen-bond donors (Lipinski definition) is 2.